The van der Waals surface area contributed by atoms with Crippen molar-refractivity contribution in [3.63, 3.8) is 0 Å². The average molecular weight is 302 g/mol. The van der Waals surface area contributed by atoms with Gasteiger partial charge in [0, 0.05) is 23.7 Å². The number of aliphatic hydroxyl groups is 1. The largest absolute Gasteiger partial charge is 0.394 e. The Morgan fingerprint density at radius 1 is 1.36 bits per heavy atom. The van der Waals surface area contributed by atoms with Gasteiger partial charge < -0.3 is 9.84 Å². The summed E-state index contributed by atoms with van der Waals surface area (Å²) in [5, 5.41) is 9.39. The fourth-order valence-electron chi connectivity index (χ4n) is 2.94. The zero-order chi connectivity index (χ0) is 15.7. The van der Waals surface area contributed by atoms with E-state index in [1.165, 1.54) is 10.8 Å². The second-order valence-corrected chi connectivity index (χ2v) is 5.55. The van der Waals surface area contributed by atoms with Crippen LogP contribution in [0.15, 0.2) is 46.1 Å². The van der Waals surface area contributed by atoms with Gasteiger partial charge in [-0.1, -0.05) is 30.3 Å². The molecule has 1 aromatic heterocycles. The first kappa shape index (κ1) is 14.7. The first-order valence-corrected chi connectivity index (χ1v) is 7.24. The summed E-state index contributed by atoms with van der Waals surface area (Å²) < 4.78 is 7.46. The molecule has 3 rings (SSSR count). The van der Waals surface area contributed by atoms with Gasteiger partial charge in [-0.25, -0.2) is 4.79 Å². The fourth-order valence-corrected chi connectivity index (χ4v) is 2.94. The molecule has 0 spiro atoms. The summed E-state index contributed by atoms with van der Waals surface area (Å²) in [4.78, 5) is 26.3. The van der Waals surface area contributed by atoms with E-state index in [0.717, 1.165) is 5.56 Å². The van der Waals surface area contributed by atoms with Gasteiger partial charge in [0.15, 0.2) is 5.72 Å². The molecule has 0 radical (unpaired) electrons. The molecule has 2 N–H and O–H groups in total. The average Bonchev–Trinajstić information content (AvgIpc) is 2.97. The molecule has 0 bridgehead atoms. The van der Waals surface area contributed by atoms with Gasteiger partial charge in [0.2, 0.25) is 0 Å². The Morgan fingerprint density at radius 3 is 2.73 bits per heavy atom. The van der Waals surface area contributed by atoms with E-state index in [2.05, 4.69) is 4.98 Å². The van der Waals surface area contributed by atoms with Gasteiger partial charge in [0.1, 0.15) is 0 Å². The Labute approximate surface area is 127 Å². The molecule has 0 saturated carbocycles. The molecule has 6 heteroatoms. The first-order valence-electron chi connectivity index (χ1n) is 7.24. The summed E-state index contributed by atoms with van der Waals surface area (Å²) >= 11 is 0. The van der Waals surface area contributed by atoms with Gasteiger partial charge in [-0.05, 0) is 13.3 Å². The molecular formula is C16H18N2O4. The molecule has 2 heterocycles. The van der Waals surface area contributed by atoms with Crippen LogP contribution in [0, 0.1) is 6.92 Å². The molecule has 1 aliphatic heterocycles. The molecular weight excluding hydrogens is 284 g/mol. The van der Waals surface area contributed by atoms with Gasteiger partial charge in [-0.3, -0.25) is 14.3 Å². The number of H-pyrrole nitrogens is 1. The maximum atomic E-state index is 12.3. The second-order valence-electron chi connectivity index (χ2n) is 5.55. The van der Waals surface area contributed by atoms with Crippen molar-refractivity contribution in [2.24, 2.45) is 0 Å². The lowest BCUT2D eigenvalue weighted by atomic mass is 9.98. The smallest absolute Gasteiger partial charge is 0.330 e. The summed E-state index contributed by atoms with van der Waals surface area (Å²) in [5.74, 6) is 0. The zero-order valence-electron chi connectivity index (χ0n) is 12.3. The van der Waals surface area contributed by atoms with Crippen molar-refractivity contribution in [3.8, 4) is 0 Å². The van der Waals surface area contributed by atoms with Crippen LogP contribution < -0.4 is 11.2 Å². The van der Waals surface area contributed by atoms with Crippen LogP contribution in [0.25, 0.3) is 0 Å². The molecule has 1 aromatic carbocycles. The number of nitrogens with zero attached hydrogens (tertiary/aromatic N) is 1. The second kappa shape index (κ2) is 5.55. The quantitative estimate of drug-likeness (QED) is 0.875. The molecule has 116 valence electrons. The lowest BCUT2D eigenvalue weighted by Crippen LogP contribution is -2.45. The molecule has 1 fully saturated rings. The van der Waals surface area contributed by atoms with Crippen molar-refractivity contribution in [1.82, 2.24) is 9.55 Å². The maximum Gasteiger partial charge on any atom is 0.330 e. The predicted molar refractivity (Wildman–Crippen MR) is 80.8 cm³/mol. The minimum absolute atomic E-state index is 0.105. The number of hydrogen-bond donors (Lipinski definition) is 2. The van der Waals surface area contributed by atoms with Crippen molar-refractivity contribution in [1.29, 1.82) is 0 Å². The summed E-state index contributed by atoms with van der Waals surface area (Å²) in [5.41, 5.74) is -0.662. The van der Waals surface area contributed by atoms with Crippen LogP contribution >= 0.6 is 0 Å². The zero-order valence-corrected chi connectivity index (χ0v) is 12.3. The highest BCUT2D eigenvalue weighted by molar-refractivity contribution is 5.25. The van der Waals surface area contributed by atoms with Gasteiger partial charge in [-0.15, -0.1) is 0 Å². The third kappa shape index (κ3) is 2.30. The minimum atomic E-state index is -0.999. The Kier molecular flexibility index (Phi) is 3.72. The fraction of sp³-hybridized carbons (Fsp3) is 0.375. The third-order valence-electron chi connectivity index (χ3n) is 4.10. The number of aryl methyl sites for hydroxylation is 1. The predicted octanol–water partition coefficient (Wildman–Crippen LogP) is 0.717. The number of benzene rings is 1. The molecule has 2 atom stereocenters. The van der Waals surface area contributed by atoms with Gasteiger partial charge in [-0.2, -0.15) is 0 Å². The van der Waals surface area contributed by atoms with Crippen molar-refractivity contribution >= 4 is 0 Å². The Bertz CT molecular complexity index is 781. The van der Waals surface area contributed by atoms with Crippen LogP contribution in [-0.2, 0) is 10.5 Å². The van der Waals surface area contributed by atoms with E-state index in [-0.39, 0.29) is 12.7 Å². The van der Waals surface area contributed by atoms with Gasteiger partial charge >= 0.3 is 5.69 Å². The van der Waals surface area contributed by atoms with E-state index < -0.39 is 17.0 Å². The Hall–Kier alpha value is -2.18. The number of aliphatic hydroxyl groups excluding tert-OH is 1. The highest BCUT2D eigenvalue weighted by Crippen LogP contribution is 2.39. The highest BCUT2D eigenvalue weighted by atomic mass is 16.5. The highest BCUT2D eigenvalue weighted by Gasteiger charge is 2.44. The Balaban J connectivity index is 2.22. The van der Waals surface area contributed by atoms with E-state index >= 15 is 0 Å². The van der Waals surface area contributed by atoms with E-state index in [1.54, 1.807) is 6.92 Å². The van der Waals surface area contributed by atoms with E-state index in [4.69, 9.17) is 4.74 Å². The molecule has 6 nitrogen and oxygen atoms in total. The maximum absolute atomic E-state index is 12.3. The molecule has 1 aliphatic rings. The number of nitrogens with one attached hydrogen (secondary N) is 1. The number of rotatable bonds is 3. The number of aromatic amines is 1. The van der Waals surface area contributed by atoms with Crippen LogP contribution in [0.4, 0.5) is 0 Å². The van der Waals surface area contributed by atoms with Gasteiger partial charge in [0.05, 0.1) is 12.7 Å². The third-order valence-corrected chi connectivity index (χ3v) is 4.10. The van der Waals surface area contributed by atoms with Gasteiger partial charge in [0.25, 0.3) is 5.56 Å². The molecule has 0 unspecified atom stereocenters. The lowest BCUT2D eigenvalue weighted by molar-refractivity contribution is -0.0847. The van der Waals surface area contributed by atoms with Crippen LogP contribution in [0.5, 0.6) is 0 Å². The topological polar surface area (TPSA) is 84.3 Å². The molecule has 2 aromatic rings. The molecule has 1 saturated heterocycles. The van der Waals surface area contributed by atoms with E-state index in [1.807, 2.05) is 30.3 Å². The summed E-state index contributed by atoms with van der Waals surface area (Å²) in [7, 11) is 0. The van der Waals surface area contributed by atoms with E-state index in [9.17, 15) is 14.7 Å². The number of ether oxygens (including phenoxy) is 1. The molecule has 22 heavy (non-hydrogen) atoms. The number of hydrogen-bond acceptors (Lipinski definition) is 4. The van der Waals surface area contributed by atoms with Crippen molar-refractivity contribution in [2.45, 2.75) is 31.6 Å². The first-order chi connectivity index (χ1) is 10.6. The van der Waals surface area contributed by atoms with Crippen molar-refractivity contribution in [3.05, 3.63) is 68.5 Å². The molecule has 0 amide bonds. The van der Waals surface area contributed by atoms with Crippen LogP contribution in [0.3, 0.4) is 0 Å². The SMILES string of the molecule is Cc1cn([C@@]2(c3ccccc3)CC[C@@H](CO)O2)c(=O)[nH]c1=O. The summed E-state index contributed by atoms with van der Waals surface area (Å²) in [6.07, 6.45) is 2.37. The van der Waals surface area contributed by atoms with Crippen LogP contribution in [0.1, 0.15) is 24.0 Å². The van der Waals surface area contributed by atoms with Crippen molar-refractivity contribution in [2.75, 3.05) is 6.61 Å². The van der Waals surface area contributed by atoms with E-state index in [0.29, 0.717) is 18.4 Å². The lowest BCUT2D eigenvalue weighted by Gasteiger charge is -2.32. The normalized spacial score (nSPS) is 24.5. The Morgan fingerprint density at radius 2 is 2.09 bits per heavy atom. The van der Waals surface area contributed by atoms with Crippen LogP contribution in [0.2, 0.25) is 0 Å². The van der Waals surface area contributed by atoms with Crippen molar-refractivity contribution < 1.29 is 9.84 Å². The number of aromatic nitrogens is 2. The monoisotopic (exact) mass is 302 g/mol. The minimum Gasteiger partial charge on any atom is -0.394 e. The summed E-state index contributed by atoms with van der Waals surface area (Å²) in [6, 6.07) is 9.39. The molecule has 0 aliphatic carbocycles. The summed E-state index contributed by atoms with van der Waals surface area (Å²) in [6.45, 7) is 1.54. The van der Waals surface area contributed by atoms with Crippen LogP contribution in [-0.4, -0.2) is 27.4 Å². The standard InChI is InChI=1S/C16H18N2O4/c1-11-9-18(15(21)17-14(11)20)16(8-7-13(10-19)22-16)12-5-3-2-4-6-12/h2-6,9,13,19H,7-8,10H2,1H3,(H,17,20,21)/t13-,16-/m0/s1.